The lowest BCUT2D eigenvalue weighted by Gasteiger charge is -2.16. The van der Waals surface area contributed by atoms with Gasteiger partial charge in [-0.2, -0.15) is 0 Å². The molecular weight excluding hydrogens is 669 g/mol. The number of nitrogens with zero attached hydrogens (tertiary/aromatic N) is 4. The van der Waals surface area contributed by atoms with Crippen molar-refractivity contribution >= 4 is 54.1 Å². The molecule has 0 spiro atoms. The summed E-state index contributed by atoms with van der Waals surface area (Å²) in [7, 11) is 0. The second-order valence-corrected chi connectivity index (χ2v) is 14.1. The van der Waals surface area contributed by atoms with E-state index in [-0.39, 0.29) is 0 Å². The molecule has 2 aromatic heterocycles. The summed E-state index contributed by atoms with van der Waals surface area (Å²) >= 11 is 0. The fourth-order valence-corrected chi connectivity index (χ4v) is 8.14. The van der Waals surface area contributed by atoms with Crippen molar-refractivity contribution in [1.29, 1.82) is 0 Å². The number of benzene rings is 9. The van der Waals surface area contributed by atoms with Gasteiger partial charge < -0.3 is 4.57 Å². The van der Waals surface area contributed by atoms with Crippen LogP contribution in [0.15, 0.2) is 194 Å². The molecule has 0 atom stereocenters. The third kappa shape index (κ3) is 5.26. The molecule has 0 N–H and O–H groups in total. The van der Waals surface area contributed by atoms with Crippen molar-refractivity contribution in [3.05, 3.63) is 194 Å². The molecule has 9 aromatic carbocycles. The van der Waals surface area contributed by atoms with Crippen molar-refractivity contribution in [3.8, 4) is 51.0 Å². The van der Waals surface area contributed by atoms with Gasteiger partial charge in [0, 0.05) is 33.2 Å². The molecule has 0 amide bonds. The Hall–Kier alpha value is -7.43. The van der Waals surface area contributed by atoms with E-state index in [4.69, 9.17) is 15.0 Å². The molecule has 4 heteroatoms. The van der Waals surface area contributed by atoms with E-state index >= 15 is 0 Å². The van der Waals surface area contributed by atoms with Gasteiger partial charge in [-0.3, -0.25) is 0 Å². The second-order valence-electron chi connectivity index (χ2n) is 14.1. The van der Waals surface area contributed by atoms with Crippen molar-refractivity contribution in [2.75, 3.05) is 0 Å². The van der Waals surface area contributed by atoms with E-state index in [0.29, 0.717) is 17.5 Å². The molecule has 0 aliphatic carbocycles. The molecular formula is C51H32N4. The van der Waals surface area contributed by atoms with E-state index in [1.807, 2.05) is 18.2 Å². The molecule has 0 radical (unpaired) electrons. The first kappa shape index (κ1) is 31.1. The Morgan fingerprint density at radius 1 is 0.291 bits per heavy atom. The van der Waals surface area contributed by atoms with Crippen LogP contribution in [0.1, 0.15) is 0 Å². The van der Waals surface area contributed by atoms with Crippen molar-refractivity contribution in [1.82, 2.24) is 19.5 Å². The lowest BCUT2D eigenvalue weighted by molar-refractivity contribution is 1.08. The summed E-state index contributed by atoms with van der Waals surface area (Å²) in [4.78, 5) is 15.6. The molecule has 0 aliphatic rings. The fourth-order valence-electron chi connectivity index (χ4n) is 8.14. The van der Waals surface area contributed by atoms with Gasteiger partial charge in [0.25, 0.3) is 0 Å². The summed E-state index contributed by atoms with van der Waals surface area (Å²) in [6, 6.07) is 68.8. The molecule has 4 nitrogen and oxygen atoms in total. The lowest BCUT2D eigenvalue weighted by Crippen LogP contribution is -2.02. The number of aromatic nitrogens is 4. The zero-order chi connectivity index (χ0) is 36.3. The van der Waals surface area contributed by atoms with Gasteiger partial charge in [0.2, 0.25) is 0 Å². The minimum atomic E-state index is 0.626. The van der Waals surface area contributed by atoms with Crippen LogP contribution in [0.4, 0.5) is 0 Å². The van der Waals surface area contributed by atoms with Crippen LogP contribution in [-0.4, -0.2) is 19.5 Å². The maximum absolute atomic E-state index is 5.27. The Kier molecular flexibility index (Phi) is 7.14. The second kappa shape index (κ2) is 12.6. The van der Waals surface area contributed by atoms with Gasteiger partial charge in [-0.15, -0.1) is 0 Å². The molecule has 0 saturated carbocycles. The summed E-state index contributed by atoms with van der Waals surface area (Å²) < 4.78 is 2.42. The van der Waals surface area contributed by atoms with Crippen LogP contribution in [0, 0.1) is 0 Å². The van der Waals surface area contributed by atoms with Crippen molar-refractivity contribution in [3.63, 3.8) is 0 Å². The largest absolute Gasteiger partial charge is 0.309 e. The Morgan fingerprint density at radius 3 is 1.42 bits per heavy atom. The molecule has 0 aliphatic heterocycles. The van der Waals surface area contributed by atoms with Crippen LogP contribution >= 0.6 is 0 Å². The van der Waals surface area contributed by atoms with Gasteiger partial charge in [-0.05, 0) is 85.9 Å². The van der Waals surface area contributed by atoms with Crippen molar-refractivity contribution < 1.29 is 0 Å². The summed E-state index contributed by atoms with van der Waals surface area (Å²) in [5.74, 6) is 1.91. The number of hydrogen-bond acceptors (Lipinski definition) is 3. The average Bonchev–Trinajstić information content (AvgIpc) is 3.56. The first-order chi connectivity index (χ1) is 27.2. The molecule has 55 heavy (non-hydrogen) atoms. The van der Waals surface area contributed by atoms with Crippen LogP contribution in [0.25, 0.3) is 105 Å². The van der Waals surface area contributed by atoms with Gasteiger partial charge in [0.05, 0.1) is 11.0 Å². The van der Waals surface area contributed by atoms with E-state index in [0.717, 1.165) is 44.3 Å². The van der Waals surface area contributed by atoms with Crippen LogP contribution < -0.4 is 0 Å². The van der Waals surface area contributed by atoms with Gasteiger partial charge in [0.15, 0.2) is 17.5 Å². The zero-order valence-corrected chi connectivity index (χ0v) is 29.8. The highest BCUT2D eigenvalue weighted by molar-refractivity contribution is 6.16. The topological polar surface area (TPSA) is 43.6 Å². The Bertz CT molecular complexity index is 3160. The standard InChI is InChI=1S/C51H32N4/c1-3-14-34(15-4-1)44-32-40(55-47-30-38-21-9-7-19-36(38)28-45(47)46-29-37-20-8-10-22-39(37)31-48(46)55)26-27-43(44)51-53-49(35-17-5-2-6-18-35)52-50(54-51)42-25-13-23-33-16-11-12-24-41(33)42/h1-32H. The van der Waals surface area contributed by atoms with E-state index in [1.165, 1.54) is 43.4 Å². The first-order valence-corrected chi connectivity index (χ1v) is 18.6. The number of fused-ring (bicyclic) bond motifs is 6. The minimum absolute atomic E-state index is 0.626. The molecule has 0 bridgehead atoms. The summed E-state index contributed by atoms with van der Waals surface area (Å²) in [6.45, 7) is 0. The summed E-state index contributed by atoms with van der Waals surface area (Å²) in [5, 5.41) is 9.59. The predicted molar refractivity (Wildman–Crippen MR) is 228 cm³/mol. The third-order valence-electron chi connectivity index (χ3n) is 10.8. The monoisotopic (exact) mass is 700 g/mol. The van der Waals surface area contributed by atoms with E-state index in [2.05, 4.69) is 180 Å². The minimum Gasteiger partial charge on any atom is -0.309 e. The van der Waals surface area contributed by atoms with Crippen LogP contribution in [-0.2, 0) is 0 Å². The summed E-state index contributed by atoms with van der Waals surface area (Å²) in [6.07, 6.45) is 0. The molecule has 11 aromatic rings. The predicted octanol–water partition coefficient (Wildman–Crippen LogP) is 13.1. The third-order valence-corrected chi connectivity index (χ3v) is 10.8. The molecule has 2 heterocycles. The van der Waals surface area contributed by atoms with Gasteiger partial charge in [-0.1, -0.05) is 152 Å². The van der Waals surface area contributed by atoms with Crippen molar-refractivity contribution in [2.45, 2.75) is 0 Å². The quantitative estimate of drug-likeness (QED) is 0.179. The SMILES string of the molecule is c1ccc(-c2nc(-c3ccc(-n4c5cc6ccccc6cc5c5cc6ccccc6cc54)cc3-c3ccccc3)nc(-c3cccc4ccccc34)n2)cc1. The van der Waals surface area contributed by atoms with E-state index in [1.54, 1.807) is 0 Å². The zero-order valence-electron chi connectivity index (χ0n) is 29.8. The normalized spacial score (nSPS) is 11.6. The van der Waals surface area contributed by atoms with E-state index < -0.39 is 0 Å². The van der Waals surface area contributed by atoms with Gasteiger partial charge >= 0.3 is 0 Å². The van der Waals surface area contributed by atoms with Crippen LogP contribution in [0.3, 0.4) is 0 Å². The van der Waals surface area contributed by atoms with Crippen LogP contribution in [0.5, 0.6) is 0 Å². The Labute approximate surface area is 317 Å². The van der Waals surface area contributed by atoms with Gasteiger partial charge in [0.1, 0.15) is 0 Å². The smallest absolute Gasteiger partial charge is 0.164 e. The first-order valence-electron chi connectivity index (χ1n) is 18.6. The molecule has 256 valence electrons. The molecule has 11 rings (SSSR count). The maximum Gasteiger partial charge on any atom is 0.164 e. The highest BCUT2D eigenvalue weighted by atomic mass is 15.0. The highest BCUT2D eigenvalue weighted by Crippen LogP contribution is 2.40. The molecule has 0 fully saturated rings. The number of hydrogen-bond donors (Lipinski definition) is 0. The molecule has 0 unspecified atom stereocenters. The Morgan fingerprint density at radius 2 is 0.782 bits per heavy atom. The average molecular weight is 701 g/mol. The van der Waals surface area contributed by atoms with E-state index in [9.17, 15) is 0 Å². The highest BCUT2D eigenvalue weighted by Gasteiger charge is 2.20. The molecule has 0 saturated heterocycles. The van der Waals surface area contributed by atoms with Crippen LogP contribution in [0.2, 0.25) is 0 Å². The van der Waals surface area contributed by atoms with Gasteiger partial charge in [-0.25, -0.2) is 15.0 Å². The summed E-state index contributed by atoms with van der Waals surface area (Å²) in [5.41, 5.74) is 8.39. The lowest BCUT2D eigenvalue weighted by atomic mass is 9.97. The Balaban J connectivity index is 1.19. The number of rotatable bonds is 5. The fraction of sp³-hybridized carbons (Fsp3) is 0. The van der Waals surface area contributed by atoms with Crippen molar-refractivity contribution in [2.24, 2.45) is 0 Å². The maximum atomic E-state index is 5.27.